The van der Waals surface area contributed by atoms with Gasteiger partial charge in [0.15, 0.2) is 0 Å². The first kappa shape index (κ1) is 75.2. The van der Waals surface area contributed by atoms with Crippen molar-refractivity contribution in [1.82, 2.24) is 5.32 Å². The van der Waals surface area contributed by atoms with E-state index in [2.05, 4.69) is 99.0 Å². The van der Waals surface area contributed by atoms with Crippen LogP contribution in [-0.4, -0.2) is 69.4 Å². The van der Waals surface area contributed by atoms with Crippen LogP contribution in [0.1, 0.15) is 284 Å². The third kappa shape index (κ3) is 57.9. The number of amides is 1. The van der Waals surface area contributed by atoms with Crippen molar-refractivity contribution >= 4 is 19.7 Å². The Bertz CT molecular complexity index is 1610. The molecule has 0 saturated carbocycles. The zero-order valence-corrected chi connectivity index (χ0v) is 52.5. The fraction of sp³-hybridized carbons (Fsp3) is 0.765. The molecule has 0 aromatic rings. The lowest BCUT2D eigenvalue weighted by atomic mass is 10.0. The number of hydrogen-bond acceptors (Lipinski definition) is 7. The van der Waals surface area contributed by atoms with Crippen LogP contribution in [0.2, 0.25) is 0 Å². The molecule has 1 N–H and O–H groups in total. The highest BCUT2D eigenvalue weighted by atomic mass is 31.2. The van der Waals surface area contributed by atoms with E-state index in [-0.39, 0.29) is 24.9 Å². The van der Waals surface area contributed by atoms with E-state index in [1.54, 1.807) is 0 Å². The van der Waals surface area contributed by atoms with Gasteiger partial charge in [0.2, 0.25) is 5.91 Å². The van der Waals surface area contributed by atoms with Gasteiger partial charge in [0.05, 0.1) is 33.8 Å². The number of unbranched alkanes of at least 4 members (excludes halogenated alkanes) is 30. The molecule has 0 aromatic heterocycles. The molecule has 0 aliphatic rings. The van der Waals surface area contributed by atoms with Crippen LogP contribution in [-0.2, 0) is 27.9 Å². The average molecular weight is 1110 g/mol. The molecule has 3 atom stereocenters. The molecule has 78 heavy (non-hydrogen) atoms. The first-order chi connectivity index (χ1) is 37.9. The van der Waals surface area contributed by atoms with Crippen molar-refractivity contribution in [1.29, 1.82) is 0 Å². The van der Waals surface area contributed by atoms with Crippen molar-refractivity contribution in [3.05, 3.63) is 85.1 Å². The van der Waals surface area contributed by atoms with Gasteiger partial charge in [-0.25, -0.2) is 0 Å². The van der Waals surface area contributed by atoms with Gasteiger partial charge in [-0.1, -0.05) is 254 Å². The third-order valence-corrected chi connectivity index (χ3v) is 15.0. The van der Waals surface area contributed by atoms with Crippen molar-refractivity contribution in [2.75, 3.05) is 40.9 Å². The quantitative estimate of drug-likeness (QED) is 0.0212. The number of phosphoric acid groups is 1. The zero-order valence-electron chi connectivity index (χ0n) is 51.6. The topological polar surface area (TPSA) is 114 Å². The van der Waals surface area contributed by atoms with E-state index in [0.29, 0.717) is 23.9 Å². The number of carbonyl (C=O) groups excluding carboxylic acids is 2. The molecule has 0 aliphatic carbocycles. The van der Waals surface area contributed by atoms with E-state index in [1.807, 2.05) is 33.3 Å². The maximum Gasteiger partial charge on any atom is 0.306 e. The molecule has 9 nitrogen and oxygen atoms in total. The Morgan fingerprint density at radius 2 is 0.821 bits per heavy atom. The highest BCUT2D eigenvalue weighted by Gasteiger charge is 2.27. The second-order valence-electron chi connectivity index (χ2n) is 22.9. The molecule has 452 valence electrons. The number of carbonyl (C=O) groups is 2. The zero-order chi connectivity index (χ0) is 57.2. The van der Waals surface area contributed by atoms with Crippen LogP contribution in [0.15, 0.2) is 85.1 Å². The van der Waals surface area contributed by atoms with Gasteiger partial charge in [0.25, 0.3) is 7.82 Å². The van der Waals surface area contributed by atoms with Crippen LogP contribution in [0.4, 0.5) is 0 Å². The largest absolute Gasteiger partial charge is 0.756 e. The SMILES string of the molecule is CC/C=C\C/C=C\C/C=C\C/C=C\C/C=C\CCCCCCCCCCCC(=O)OC(/C=C\CCCCCCCCCCCCC)C(COP(=O)([O-])OCC[N+](C)(C)C)NC(=O)CCCCC/C=C\CCCCCCCCC. The van der Waals surface area contributed by atoms with Crippen molar-refractivity contribution in [2.45, 2.75) is 296 Å². The number of phosphoric ester groups is 1. The van der Waals surface area contributed by atoms with Crippen LogP contribution in [0, 0.1) is 0 Å². The lowest BCUT2D eigenvalue weighted by Crippen LogP contribution is -2.47. The average Bonchev–Trinajstić information content (AvgIpc) is 3.40. The normalized spacial score (nSPS) is 14.2. The highest BCUT2D eigenvalue weighted by molar-refractivity contribution is 7.45. The summed E-state index contributed by atoms with van der Waals surface area (Å²) in [7, 11) is 1.17. The van der Waals surface area contributed by atoms with Gasteiger partial charge < -0.3 is 28.5 Å². The summed E-state index contributed by atoms with van der Waals surface area (Å²) < 4.78 is 30.3. The number of nitrogens with one attached hydrogen (secondary N) is 1. The van der Waals surface area contributed by atoms with Gasteiger partial charge in [0.1, 0.15) is 19.3 Å². The number of likely N-dealkylation sites (N-methyl/N-ethyl adjacent to an activating group) is 1. The Labute approximate surface area is 482 Å². The van der Waals surface area contributed by atoms with Gasteiger partial charge in [-0.2, -0.15) is 0 Å². The maximum absolute atomic E-state index is 13.5. The van der Waals surface area contributed by atoms with Gasteiger partial charge in [0, 0.05) is 12.8 Å². The number of ether oxygens (including phenoxy) is 1. The fourth-order valence-corrected chi connectivity index (χ4v) is 9.80. The fourth-order valence-electron chi connectivity index (χ4n) is 9.07. The van der Waals surface area contributed by atoms with E-state index in [4.69, 9.17) is 13.8 Å². The summed E-state index contributed by atoms with van der Waals surface area (Å²) in [6.07, 6.45) is 75.5. The maximum atomic E-state index is 13.5. The lowest BCUT2D eigenvalue weighted by molar-refractivity contribution is -0.870. The minimum Gasteiger partial charge on any atom is -0.756 e. The van der Waals surface area contributed by atoms with Crippen LogP contribution >= 0.6 is 7.82 Å². The monoisotopic (exact) mass is 1110 g/mol. The molecule has 0 aromatic carbocycles. The predicted molar refractivity (Wildman–Crippen MR) is 335 cm³/mol. The number of allylic oxidation sites excluding steroid dienone is 13. The number of esters is 1. The Balaban J connectivity index is 5.19. The van der Waals surface area contributed by atoms with Crippen LogP contribution in [0.5, 0.6) is 0 Å². The molecule has 0 aliphatic heterocycles. The molecule has 0 saturated heterocycles. The predicted octanol–water partition coefficient (Wildman–Crippen LogP) is 19.5. The number of nitrogens with zero attached hydrogens (tertiary/aromatic N) is 1. The molecule has 0 radical (unpaired) electrons. The third-order valence-electron chi connectivity index (χ3n) is 14.1. The van der Waals surface area contributed by atoms with E-state index in [1.165, 1.54) is 135 Å². The van der Waals surface area contributed by atoms with Crippen molar-refractivity contribution in [2.24, 2.45) is 0 Å². The Kier molecular flexibility index (Phi) is 55.4. The smallest absolute Gasteiger partial charge is 0.306 e. The Morgan fingerprint density at radius 3 is 1.26 bits per heavy atom. The molecule has 1 amide bonds. The van der Waals surface area contributed by atoms with Crippen molar-refractivity contribution in [3.8, 4) is 0 Å². The van der Waals surface area contributed by atoms with Gasteiger partial charge in [-0.15, -0.1) is 0 Å². The number of hydrogen-bond donors (Lipinski definition) is 1. The van der Waals surface area contributed by atoms with Gasteiger partial charge >= 0.3 is 5.97 Å². The van der Waals surface area contributed by atoms with Gasteiger partial charge in [-0.05, 0) is 102 Å². The molecular weight excluding hydrogens is 988 g/mol. The summed E-state index contributed by atoms with van der Waals surface area (Å²) >= 11 is 0. The summed E-state index contributed by atoms with van der Waals surface area (Å²) in [5.74, 6) is -0.564. The van der Waals surface area contributed by atoms with E-state index < -0.39 is 26.6 Å². The Hall–Kier alpha value is -2.81. The van der Waals surface area contributed by atoms with E-state index >= 15 is 0 Å². The highest BCUT2D eigenvalue weighted by Crippen LogP contribution is 2.38. The standard InChI is InChI=1S/C68H123N2O7P/c1-7-10-13-16-19-22-25-28-30-31-32-33-34-35-36-37-38-39-40-43-46-49-52-55-58-61-68(72)77-66(59-56-53-50-47-44-41-27-24-21-18-15-12-9-3)65(64-76-78(73,74)75-63-62-70(4,5)6)69-67(71)60-57-54-51-48-45-42-29-26-23-20-17-14-11-8-2/h10,13,19,22,28,30,32-33,35-36,42,45,56,59,65-66H,7-9,11-12,14-18,20-21,23-27,29,31,34,37-41,43-44,46-55,57-58,60-64H2,1-6H3,(H-,69,71,73,74)/b13-10-,22-19-,30-28-,33-32-,36-35-,45-42-,59-56-. The summed E-state index contributed by atoms with van der Waals surface area (Å²) in [4.78, 5) is 40.0. The van der Waals surface area contributed by atoms with Crippen molar-refractivity contribution in [3.63, 3.8) is 0 Å². The number of rotatable bonds is 58. The van der Waals surface area contributed by atoms with Crippen LogP contribution in [0.25, 0.3) is 0 Å². The second kappa shape index (κ2) is 57.4. The molecule has 0 fully saturated rings. The summed E-state index contributed by atoms with van der Waals surface area (Å²) in [5.41, 5.74) is 0. The van der Waals surface area contributed by atoms with Gasteiger partial charge in [-0.3, -0.25) is 14.2 Å². The molecular formula is C68H123N2O7P. The minimum absolute atomic E-state index is 0.0285. The second-order valence-corrected chi connectivity index (χ2v) is 24.3. The number of quaternary nitrogens is 1. The Morgan fingerprint density at radius 1 is 0.462 bits per heavy atom. The molecule has 10 heteroatoms. The molecule has 0 heterocycles. The minimum atomic E-state index is -4.71. The molecule has 0 rings (SSSR count). The molecule has 3 unspecified atom stereocenters. The van der Waals surface area contributed by atoms with Crippen molar-refractivity contribution < 1.29 is 37.3 Å². The molecule has 0 bridgehead atoms. The molecule has 0 spiro atoms. The summed E-state index contributed by atoms with van der Waals surface area (Å²) in [6.45, 7) is 6.72. The van der Waals surface area contributed by atoms with Crippen LogP contribution < -0.4 is 10.2 Å². The summed E-state index contributed by atoms with van der Waals surface area (Å²) in [5, 5.41) is 3.02. The first-order valence-electron chi connectivity index (χ1n) is 32.4. The lowest BCUT2D eigenvalue weighted by Gasteiger charge is -2.30. The van der Waals surface area contributed by atoms with E-state index in [0.717, 1.165) is 109 Å². The van der Waals surface area contributed by atoms with Crippen LogP contribution in [0.3, 0.4) is 0 Å². The first-order valence-corrected chi connectivity index (χ1v) is 33.9. The summed E-state index contributed by atoms with van der Waals surface area (Å²) in [6, 6.07) is -0.902. The van der Waals surface area contributed by atoms with E-state index in [9.17, 15) is 19.0 Å².